The quantitative estimate of drug-likeness (QED) is 0.707. The zero-order valence-electron chi connectivity index (χ0n) is 8.86. The van der Waals surface area contributed by atoms with Crippen LogP contribution in [0.3, 0.4) is 0 Å². The largest absolute Gasteiger partial charge is 0.478 e. The Balaban J connectivity index is 2.45. The van der Waals surface area contributed by atoms with E-state index < -0.39 is 0 Å². The Morgan fingerprint density at radius 3 is 2.93 bits per heavy atom. The van der Waals surface area contributed by atoms with Crippen molar-refractivity contribution in [2.75, 3.05) is 17.7 Å². The Morgan fingerprint density at radius 1 is 1.53 bits per heavy atom. The highest BCUT2D eigenvalue weighted by Crippen LogP contribution is 2.35. The smallest absolute Gasteiger partial charge is 0.267 e. The Kier molecular flexibility index (Phi) is 2.26. The summed E-state index contributed by atoms with van der Waals surface area (Å²) >= 11 is 0. The van der Waals surface area contributed by atoms with Crippen molar-refractivity contribution in [2.45, 2.75) is 19.4 Å². The number of fused-ring (bicyclic) bond motifs is 1. The summed E-state index contributed by atoms with van der Waals surface area (Å²) in [4.78, 5) is 13.4. The van der Waals surface area contributed by atoms with Gasteiger partial charge in [0.2, 0.25) is 0 Å². The van der Waals surface area contributed by atoms with Crippen LogP contribution in [0.2, 0.25) is 0 Å². The van der Waals surface area contributed by atoms with Crippen LogP contribution in [0.5, 0.6) is 5.75 Å². The number of hydrogen-bond acceptors (Lipinski definition) is 3. The maximum Gasteiger partial charge on any atom is 0.267 e. The molecule has 1 aromatic rings. The van der Waals surface area contributed by atoms with Gasteiger partial charge in [0.15, 0.2) is 6.10 Å². The number of amides is 1. The summed E-state index contributed by atoms with van der Waals surface area (Å²) in [6.45, 7) is 1.93. The number of benzene rings is 1. The first kappa shape index (κ1) is 9.83. The third-order valence-electron chi connectivity index (χ3n) is 2.59. The van der Waals surface area contributed by atoms with Crippen LogP contribution in [0.4, 0.5) is 11.4 Å². The maximum atomic E-state index is 11.8. The van der Waals surface area contributed by atoms with E-state index in [1.165, 1.54) is 0 Å². The molecule has 1 atom stereocenters. The summed E-state index contributed by atoms with van der Waals surface area (Å²) < 4.78 is 5.57. The van der Waals surface area contributed by atoms with Gasteiger partial charge in [-0.1, -0.05) is 6.92 Å². The van der Waals surface area contributed by atoms with E-state index in [1.807, 2.05) is 6.92 Å². The Hall–Kier alpha value is -1.71. The fourth-order valence-corrected chi connectivity index (χ4v) is 1.69. The number of rotatable bonds is 1. The maximum absolute atomic E-state index is 11.8. The molecule has 2 N–H and O–H groups in total. The third-order valence-corrected chi connectivity index (χ3v) is 2.59. The molecule has 0 aromatic heterocycles. The van der Waals surface area contributed by atoms with Crippen molar-refractivity contribution in [3.05, 3.63) is 18.2 Å². The third kappa shape index (κ3) is 1.52. The van der Waals surface area contributed by atoms with Crippen LogP contribution >= 0.6 is 0 Å². The normalized spacial score (nSPS) is 19.7. The molecule has 0 aliphatic carbocycles. The van der Waals surface area contributed by atoms with Gasteiger partial charge in [0, 0.05) is 12.7 Å². The number of anilines is 2. The molecule has 1 unspecified atom stereocenters. The highest BCUT2D eigenvalue weighted by molar-refractivity contribution is 5.99. The molecule has 4 heteroatoms. The number of nitrogens with zero attached hydrogens (tertiary/aromatic N) is 1. The molecular formula is C11H14N2O2. The highest BCUT2D eigenvalue weighted by atomic mass is 16.5. The molecule has 0 bridgehead atoms. The number of nitrogens with two attached hydrogens (primary N) is 1. The summed E-state index contributed by atoms with van der Waals surface area (Å²) in [5.41, 5.74) is 7.04. The fourth-order valence-electron chi connectivity index (χ4n) is 1.69. The summed E-state index contributed by atoms with van der Waals surface area (Å²) in [7, 11) is 1.74. The average Bonchev–Trinajstić information content (AvgIpc) is 2.24. The van der Waals surface area contributed by atoms with Crippen LogP contribution in [-0.2, 0) is 4.79 Å². The van der Waals surface area contributed by atoms with E-state index in [0.717, 1.165) is 11.4 Å². The number of carbonyl (C=O) groups excluding carboxylic acids is 1. The van der Waals surface area contributed by atoms with Gasteiger partial charge in [0.25, 0.3) is 5.91 Å². The standard InChI is InChI=1S/C11H14N2O2/c1-3-9-11(14)13(2)8-6-7(12)4-5-10(8)15-9/h4-6,9H,3,12H2,1-2H3. The van der Waals surface area contributed by atoms with Crippen LogP contribution in [0.25, 0.3) is 0 Å². The van der Waals surface area contributed by atoms with Crippen molar-refractivity contribution in [1.29, 1.82) is 0 Å². The lowest BCUT2D eigenvalue weighted by atomic mass is 10.1. The topological polar surface area (TPSA) is 55.6 Å². The first-order valence-corrected chi connectivity index (χ1v) is 4.97. The molecule has 1 aliphatic rings. The summed E-state index contributed by atoms with van der Waals surface area (Å²) in [5, 5.41) is 0. The van der Waals surface area contributed by atoms with Crippen molar-refractivity contribution < 1.29 is 9.53 Å². The predicted molar refractivity (Wildman–Crippen MR) is 59.0 cm³/mol. The van der Waals surface area contributed by atoms with Crippen LogP contribution in [0, 0.1) is 0 Å². The van der Waals surface area contributed by atoms with Crippen LogP contribution in [0.15, 0.2) is 18.2 Å². The fraction of sp³-hybridized carbons (Fsp3) is 0.364. The molecular weight excluding hydrogens is 192 g/mol. The zero-order valence-corrected chi connectivity index (χ0v) is 8.86. The van der Waals surface area contributed by atoms with E-state index in [1.54, 1.807) is 30.1 Å². The second-order valence-corrected chi connectivity index (χ2v) is 3.64. The first-order chi connectivity index (χ1) is 7.13. The molecule has 1 heterocycles. The summed E-state index contributed by atoms with van der Waals surface area (Å²) in [6, 6.07) is 5.32. The van der Waals surface area contributed by atoms with Gasteiger partial charge in [0.05, 0.1) is 5.69 Å². The van der Waals surface area contributed by atoms with Gasteiger partial charge in [-0.05, 0) is 24.6 Å². The molecule has 4 nitrogen and oxygen atoms in total. The lowest BCUT2D eigenvalue weighted by Crippen LogP contribution is -2.43. The molecule has 2 rings (SSSR count). The van der Waals surface area contributed by atoms with E-state index in [0.29, 0.717) is 12.1 Å². The molecule has 0 saturated carbocycles. The van der Waals surface area contributed by atoms with E-state index in [2.05, 4.69) is 0 Å². The minimum Gasteiger partial charge on any atom is -0.478 e. The molecule has 1 aromatic carbocycles. The van der Waals surface area contributed by atoms with E-state index in [-0.39, 0.29) is 12.0 Å². The second-order valence-electron chi connectivity index (χ2n) is 3.64. The van der Waals surface area contributed by atoms with Gasteiger partial charge in [-0.15, -0.1) is 0 Å². The molecule has 80 valence electrons. The van der Waals surface area contributed by atoms with E-state index in [4.69, 9.17) is 10.5 Å². The van der Waals surface area contributed by atoms with Gasteiger partial charge >= 0.3 is 0 Å². The number of hydrogen-bond donors (Lipinski definition) is 1. The minimum absolute atomic E-state index is 0.0180. The predicted octanol–water partition coefficient (Wildman–Crippen LogP) is 1.40. The summed E-state index contributed by atoms with van der Waals surface area (Å²) in [5.74, 6) is 0.703. The van der Waals surface area contributed by atoms with Crippen molar-refractivity contribution in [3.8, 4) is 5.75 Å². The summed E-state index contributed by atoms with van der Waals surface area (Å²) in [6.07, 6.45) is 0.304. The number of ether oxygens (including phenoxy) is 1. The Labute approximate surface area is 88.6 Å². The van der Waals surface area contributed by atoms with Gasteiger partial charge in [-0.25, -0.2) is 0 Å². The molecule has 0 saturated heterocycles. The molecule has 0 fully saturated rings. The van der Waals surface area contributed by atoms with Crippen LogP contribution in [0.1, 0.15) is 13.3 Å². The van der Waals surface area contributed by atoms with E-state index in [9.17, 15) is 4.79 Å². The van der Waals surface area contributed by atoms with Gasteiger partial charge in [0.1, 0.15) is 5.75 Å². The Morgan fingerprint density at radius 2 is 2.27 bits per heavy atom. The van der Waals surface area contributed by atoms with Gasteiger partial charge in [-0.2, -0.15) is 0 Å². The highest BCUT2D eigenvalue weighted by Gasteiger charge is 2.30. The SMILES string of the molecule is CCC1Oc2ccc(N)cc2N(C)C1=O. The van der Waals surface area contributed by atoms with Crippen molar-refractivity contribution in [3.63, 3.8) is 0 Å². The van der Waals surface area contributed by atoms with Crippen molar-refractivity contribution >= 4 is 17.3 Å². The van der Waals surface area contributed by atoms with Gasteiger partial charge < -0.3 is 15.4 Å². The minimum atomic E-state index is -0.369. The van der Waals surface area contributed by atoms with Crippen LogP contribution < -0.4 is 15.4 Å². The van der Waals surface area contributed by atoms with E-state index >= 15 is 0 Å². The van der Waals surface area contributed by atoms with Crippen molar-refractivity contribution in [2.24, 2.45) is 0 Å². The first-order valence-electron chi connectivity index (χ1n) is 4.97. The average molecular weight is 206 g/mol. The molecule has 0 radical (unpaired) electrons. The number of carbonyl (C=O) groups is 1. The molecule has 1 amide bonds. The zero-order chi connectivity index (χ0) is 11.0. The monoisotopic (exact) mass is 206 g/mol. The molecule has 0 spiro atoms. The Bertz CT molecular complexity index is 404. The second kappa shape index (κ2) is 3.46. The molecule has 15 heavy (non-hydrogen) atoms. The lowest BCUT2D eigenvalue weighted by molar-refractivity contribution is -0.126. The van der Waals surface area contributed by atoms with Crippen LogP contribution in [-0.4, -0.2) is 19.1 Å². The van der Waals surface area contributed by atoms with Crippen molar-refractivity contribution in [1.82, 2.24) is 0 Å². The number of likely N-dealkylation sites (N-methyl/N-ethyl adjacent to an activating group) is 1. The van der Waals surface area contributed by atoms with Gasteiger partial charge in [-0.3, -0.25) is 4.79 Å². The molecule has 1 aliphatic heterocycles. The number of nitrogen functional groups attached to an aromatic ring is 1. The lowest BCUT2D eigenvalue weighted by Gasteiger charge is -2.31.